The molecule has 4 nitrogen and oxygen atoms in total. The van der Waals surface area contributed by atoms with Crippen molar-refractivity contribution in [3.05, 3.63) is 89.5 Å². The minimum Gasteiger partial charge on any atom is -0.504 e. The molecule has 7 heteroatoms. The van der Waals surface area contributed by atoms with Gasteiger partial charge in [-0.3, -0.25) is 4.79 Å². The molecule has 0 fully saturated rings. The lowest BCUT2D eigenvalue weighted by Crippen LogP contribution is -2.04. The van der Waals surface area contributed by atoms with Crippen LogP contribution in [0.4, 0.5) is 13.2 Å². The zero-order chi connectivity index (χ0) is 22.4. The van der Waals surface area contributed by atoms with E-state index in [0.717, 1.165) is 12.1 Å². The third-order valence-electron chi connectivity index (χ3n) is 4.46. The van der Waals surface area contributed by atoms with E-state index in [-0.39, 0.29) is 24.5 Å². The molecule has 0 radical (unpaired) electrons. The van der Waals surface area contributed by atoms with Gasteiger partial charge in [0.2, 0.25) is 0 Å². The molecule has 3 aromatic carbocycles. The monoisotopic (exact) mass is 428 g/mol. The number of phenols is 1. The molecule has 160 valence electrons. The molecule has 0 saturated heterocycles. The summed E-state index contributed by atoms with van der Waals surface area (Å²) < 4.78 is 43.6. The molecule has 0 bridgehead atoms. The smallest absolute Gasteiger partial charge is 0.416 e. The maximum absolute atomic E-state index is 12.6. The molecule has 0 amide bonds. The second-order valence-corrected chi connectivity index (χ2v) is 6.76. The number of rotatable bonds is 7. The molecule has 0 heterocycles. The summed E-state index contributed by atoms with van der Waals surface area (Å²) in [5.41, 5.74) is 1.76. The van der Waals surface area contributed by atoms with Gasteiger partial charge in [0.15, 0.2) is 11.5 Å². The van der Waals surface area contributed by atoms with Crippen LogP contribution < -0.4 is 4.74 Å². The summed E-state index contributed by atoms with van der Waals surface area (Å²) in [6, 6.07) is 16.5. The summed E-state index contributed by atoms with van der Waals surface area (Å²) in [4.78, 5) is 11.0. The molecule has 0 unspecified atom stereocenters. The first kappa shape index (κ1) is 22.0. The van der Waals surface area contributed by atoms with Crippen molar-refractivity contribution in [3.63, 3.8) is 0 Å². The van der Waals surface area contributed by atoms with Crippen molar-refractivity contribution < 1.29 is 32.9 Å². The number of alkyl halides is 3. The van der Waals surface area contributed by atoms with E-state index in [0.29, 0.717) is 22.3 Å². The second kappa shape index (κ2) is 9.38. The first-order valence-electron chi connectivity index (χ1n) is 9.34. The minimum atomic E-state index is -4.38. The number of carbonyl (C=O) groups is 1. The Balaban J connectivity index is 1.74. The van der Waals surface area contributed by atoms with E-state index in [2.05, 4.69) is 0 Å². The molecule has 0 aliphatic heterocycles. The van der Waals surface area contributed by atoms with Crippen molar-refractivity contribution in [2.45, 2.75) is 12.6 Å². The van der Waals surface area contributed by atoms with Crippen LogP contribution in [0.3, 0.4) is 0 Å². The molecule has 3 rings (SSSR count). The van der Waals surface area contributed by atoms with Crippen LogP contribution in [0.2, 0.25) is 0 Å². The number of hydrogen-bond donors (Lipinski definition) is 2. The van der Waals surface area contributed by atoms with E-state index in [1.54, 1.807) is 48.6 Å². The number of aliphatic carboxylic acids is 1. The third kappa shape index (κ3) is 5.88. The number of aromatic hydroxyl groups is 1. The fourth-order valence-electron chi connectivity index (χ4n) is 3.03. The van der Waals surface area contributed by atoms with E-state index in [1.807, 2.05) is 0 Å². The minimum absolute atomic E-state index is 0.0699. The molecule has 0 aliphatic rings. The number of phenolic OH excluding ortho intramolecular Hbond substituents is 1. The number of para-hydroxylation sites is 1. The first-order chi connectivity index (χ1) is 14.7. The van der Waals surface area contributed by atoms with Gasteiger partial charge in [-0.25, -0.2) is 0 Å². The van der Waals surface area contributed by atoms with Crippen LogP contribution in [-0.2, 0) is 17.4 Å². The summed E-state index contributed by atoms with van der Waals surface area (Å²) in [6.07, 6.45) is -1.26. The van der Waals surface area contributed by atoms with Gasteiger partial charge in [-0.15, -0.1) is 0 Å². The SMILES string of the molecule is O=C(O)Cc1cccc(-c2cccc(O)c2OCC=Cc2ccc(C(F)(F)F)cc2)c1. The second-order valence-electron chi connectivity index (χ2n) is 6.76. The van der Waals surface area contributed by atoms with Gasteiger partial charge in [0, 0.05) is 5.56 Å². The maximum atomic E-state index is 12.6. The quantitative estimate of drug-likeness (QED) is 0.499. The van der Waals surface area contributed by atoms with Gasteiger partial charge in [-0.2, -0.15) is 13.2 Å². The average molecular weight is 428 g/mol. The van der Waals surface area contributed by atoms with Crippen molar-refractivity contribution >= 4 is 12.0 Å². The van der Waals surface area contributed by atoms with Gasteiger partial charge in [-0.1, -0.05) is 54.6 Å². The Kier molecular flexibility index (Phi) is 6.65. The van der Waals surface area contributed by atoms with Crippen LogP contribution in [0.5, 0.6) is 11.5 Å². The van der Waals surface area contributed by atoms with Crippen molar-refractivity contribution in [3.8, 4) is 22.6 Å². The van der Waals surface area contributed by atoms with Crippen molar-refractivity contribution in [2.75, 3.05) is 6.61 Å². The fraction of sp³-hybridized carbons (Fsp3) is 0.125. The van der Waals surface area contributed by atoms with Crippen molar-refractivity contribution in [1.82, 2.24) is 0 Å². The highest BCUT2D eigenvalue weighted by Gasteiger charge is 2.29. The van der Waals surface area contributed by atoms with Crippen LogP contribution >= 0.6 is 0 Å². The molecular weight excluding hydrogens is 409 g/mol. The van der Waals surface area contributed by atoms with Gasteiger partial charge in [-0.05, 0) is 41.0 Å². The van der Waals surface area contributed by atoms with Crippen LogP contribution in [0.25, 0.3) is 17.2 Å². The molecule has 31 heavy (non-hydrogen) atoms. The molecule has 0 saturated carbocycles. The standard InChI is InChI=1S/C24H19F3O4/c25-24(26,27)19-11-9-16(10-12-19)5-3-13-31-23-20(7-2-8-21(23)28)18-6-1-4-17(14-18)15-22(29)30/h1-12,14,28H,13,15H2,(H,29,30). The normalized spacial score (nSPS) is 11.6. The number of carboxylic acids is 1. The molecule has 3 aromatic rings. The Morgan fingerprint density at radius 2 is 1.71 bits per heavy atom. The summed E-state index contributed by atoms with van der Waals surface area (Å²) in [5, 5.41) is 19.2. The number of carboxylic acid groups (broad SMARTS) is 1. The third-order valence-corrected chi connectivity index (χ3v) is 4.46. The average Bonchev–Trinajstić information content (AvgIpc) is 2.71. The highest BCUT2D eigenvalue weighted by molar-refractivity contribution is 5.76. The summed E-state index contributed by atoms with van der Waals surface area (Å²) in [7, 11) is 0. The van der Waals surface area contributed by atoms with E-state index in [4.69, 9.17) is 9.84 Å². The molecule has 0 spiro atoms. The lowest BCUT2D eigenvalue weighted by Gasteiger charge is -2.13. The van der Waals surface area contributed by atoms with E-state index >= 15 is 0 Å². The Hall–Kier alpha value is -3.74. The Morgan fingerprint density at radius 1 is 1.00 bits per heavy atom. The molecular formula is C24H19F3O4. The summed E-state index contributed by atoms with van der Waals surface area (Å²) >= 11 is 0. The maximum Gasteiger partial charge on any atom is 0.416 e. The largest absolute Gasteiger partial charge is 0.504 e. The predicted molar refractivity (Wildman–Crippen MR) is 111 cm³/mol. The zero-order valence-corrected chi connectivity index (χ0v) is 16.3. The van der Waals surface area contributed by atoms with Crippen LogP contribution in [0.1, 0.15) is 16.7 Å². The van der Waals surface area contributed by atoms with Gasteiger partial charge in [0.05, 0.1) is 12.0 Å². The van der Waals surface area contributed by atoms with Gasteiger partial charge in [0.1, 0.15) is 6.61 Å². The van der Waals surface area contributed by atoms with Gasteiger partial charge >= 0.3 is 12.1 Å². The van der Waals surface area contributed by atoms with Crippen LogP contribution in [0, 0.1) is 0 Å². The molecule has 0 atom stereocenters. The van der Waals surface area contributed by atoms with E-state index in [9.17, 15) is 23.1 Å². The number of hydrogen-bond acceptors (Lipinski definition) is 3. The lowest BCUT2D eigenvalue weighted by molar-refractivity contribution is -0.138. The highest BCUT2D eigenvalue weighted by Crippen LogP contribution is 2.37. The Morgan fingerprint density at radius 3 is 2.39 bits per heavy atom. The molecule has 0 aromatic heterocycles. The summed E-state index contributed by atoms with van der Waals surface area (Å²) in [6.45, 7) is 0.0699. The number of benzene rings is 3. The molecule has 2 N–H and O–H groups in total. The Labute approximate surface area is 176 Å². The molecule has 0 aliphatic carbocycles. The zero-order valence-electron chi connectivity index (χ0n) is 16.3. The van der Waals surface area contributed by atoms with Gasteiger partial charge < -0.3 is 14.9 Å². The van der Waals surface area contributed by atoms with Crippen LogP contribution in [-0.4, -0.2) is 22.8 Å². The number of halogens is 3. The van der Waals surface area contributed by atoms with Crippen molar-refractivity contribution in [2.24, 2.45) is 0 Å². The van der Waals surface area contributed by atoms with Crippen molar-refractivity contribution in [1.29, 1.82) is 0 Å². The van der Waals surface area contributed by atoms with Gasteiger partial charge in [0.25, 0.3) is 0 Å². The van der Waals surface area contributed by atoms with E-state index in [1.165, 1.54) is 18.2 Å². The summed E-state index contributed by atoms with van der Waals surface area (Å²) in [5.74, 6) is -0.797. The lowest BCUT2D eigenvalue weighted by atomic mass is 10.0. The topological polar surface area (TPSA) is 66.8 Å². The Bertz CT molecular complexity index is 1090. The predicted octanol–water partition coefficient (Wildman–Crippen LogP) is 5.80. The van der Waals surface area contributed by atoms with Crippen LogP contribution in [0.15, 0.2) is 72.8 Å². The van der Waals surface area contributed by atoms with E-state index < -0.39 is 17.7 Å². The number of ether oxygens (including phenoxy) is 1. The fourth-order valence-corrected chi connectivity index (χ4v) is 3.03. The highest BCUT2D eigenvalue weighted by atomic mass is 19.4. The first-order valence-corrected chi connectivity index (χ1v) is 9.34.